The van der Waals surface area contributed by atoms with Gasteiger partial charge in [0.15, 0.2) is 11.5 Å². The van der Waals surface area contributed by atoms with E-state index in [0.717, 1.165) is 4.68 Å². The summed E-state index contributed by atoms with van der Waals surface area (Å²) in [5.41, 5.74) is -2.20. The number of fused-ring (bicyclic) bond motifs is 3. The number of aromatic nitrogens is 3. The second-order valence-electron chi connectivity index (χ2n) is 8.02. The average molecular weight is 506 g/mol. The number of anilines is 1. The van der Waals surface area contributed by atoms with Crippen LogP contribution in [0.5, 0.6) is 0 Å². The van der Waals surface area contributed by atoms with Crippen LogP contribution in [0.25, 0.3) is 0 Å². The van der Waals surface area contributed by atoms with Crippen LogP contribution >= 0.6 is 15.9 Å². The molecule has 2 aliphatic rings. The van der Waals surface area contributed by atoms with Crippen molar-refractivity contribution in [2.24, 2.45) is 0 Å². The van der Waals surface area contributed by atoms with Crippen LogP contribution in [-0.2, 0) is 25.4 Å². The minimum absolute atomic E-state index is 0.0699. The molecular weight excluding hydrogens is 486 g/mol. The van der Waals surface area contributed by atoms with Gasteiger partial charge in [-0.05, 0) is 35.3 Å². The number of hydrogen-bond donors (Lipinski definition) is 2. The van der Waals surface area contributed by atoms with Gasteiger partial charge in [0.25, 0.3) is 5.92 Å². The van der Waals surface area contributed by atoms with Crippen LogP contribution in [0.3, 0.4) is 0 Å². The number of hydrogen-bond acceptors (Lipinski definition) is 4. The van der Waals surface area contributed by atoms with Gasteiger partial charge in [0.05, 0.1) is 31.1 Å². The maximum Gasteiger partial charge on any atom is 0.322 e. The molecule has 0 unspecified atom stereocenters. The lowest BCUT2D eigenvalue weighted by molar-refractivity contribution is -0.0324. The molecule has 2 N–H and O–H groups in total. The Morgan fingerprint density at radius 3 is 2.84 bits per heavy atom. The fourth-order valence-corrected chi connectivity index (χ4v) is 4.40. The zero-order valence-corrected chi connectivity index (χ0v) is 18.1. The lowest BCUT2D eigenvalue weighted by Crippen LogP contribution is -2.45. The highest BCUT2D eigenvalue weighted by atomic mass is 79.9. The molecule has 4 heterocycles. The second-order valence-corrected chi connectivity index (χ2v) is 8.77. The van der Waals surface area contributed by atoms with E-state index in [1.54, 1.807) is 6.92 Å². The van der Waals surface area contributed by atoms with Gasteiger partial charge >= 0.3 is 6.03 Å². The van der Waals surface area contributed by atoms with E-state index in [2.05, 4.69) is 31.3 Å². The highest BCUT2D eigenvalue weighted by Gasteiger charge is 2.48. The summed E-state index contributed by atoms with van der Waals surface area (Å²) < 4.78 is 59.7. The standard InChI is InChI=1S/C19H20BrF4N5O2/c1-10-6-13-11(7-28(10)17(31)26-12-2-5-25-16(20)14(12)21)15-19(23,24)4-3-18(22,9-30)8-29(15)27-13/h2,5,10,30H,3-4,6-9H2,1H3,(H,25,26,31)/t10-,18+/m1/s1. The molecule has 7 nitrogen and oxygen atoms in total. The molecule has 2 aromatic rings. The van der Waals surface area contributed by atoms with Gasteiger partial charge < -0.3 is 15.3 Å². The van der Waals surface area contributed by atoms with Crippen LogP contribution in [0, 0.1) is 5.82 Å². The Morgan fingerprint density at radius 2 is 2.13 bits per heavy atom. The molecule has 0 aliphatic carbocycles. The monoisotopic (exact) mass is 505 g/mol. The van der Waals surface area contributed by atoms with E-state index in [4.69, 9.17) is 0 Å². The third kappa shape index (κ3) is 3.91. The van der Waals surface area contributed by atoms with Gasteiger partial charge in [0.2, 0.25) is 0 Å². The quantitative estimate of drug-likeness (QED) is 0.481. The molecule has 0 spiro atoms. The lowest BCUT2D eigenvalue weighted by atomic mass is 9.95. The maximum atomic E-state index is 14.9. The van der Waals surface area contributed by atoms with Gasteiger partial charge in [-0.15, -0.1) is 0 Å². The largest absolute Gasteiger partial charge is 0.393 e. The van der Waals surface area contributed by atoms with E-state index < -0.39 is 61.2 Å². The lowest BCUT2D eigenvalue weighted by Gasteiger charge is -2.33. The highest BCUT2D eigenvalue weighted by Crippen LogP contribution is 2.44. The maximum absolute atomic E-state index is 14.9. The van der Waals surface area contributed by atoms with E-state index in [1.165, 1.54) is 17.2 Å². The van der Waals surface area contributed by atoms with E-state index in [0.29, 0.717) is 5.69 Å². The number of nitrogens with zero attached hydrogens (tertiary/aromatic N) is 4. The summed E-state index contributed by atoms with van der Waals surface area (Å²) in [6.07, 6.45) is 0.203. The number of amides is 2. The van der Waals surface area contributed by atoms with E-state index >= 15 is 0 Å². The van der Waals surface area contributed by atoms with Crippen LogP contribution in [0.4, 0.5) is 28.0 Å². The van der Waals surface area contributed by atoms with Crippen LogP contribution in [0.15, 0.2) is 16.9 Å². The summed E-state index contributed by atoms with van der Waals surface area (Å²) in [5.74, 6) is -4.12. The second kappa shape index (κ2) is 7.73. The van der Waals surface area contributed by atoms with E-state index in [9.17, 15) is 27.5 Å². The summed E-state index contributed by atoms with van der Waals surface area (Å²) in [4.78, 5) is 17.9. The van der Waals surface area contributed by atoms with Crippen molar-refractivity contribution in [2.45, 2.75) is 56.9 Å². The first-order valence-corrected chi connectivity index (χ1v) is 10.5. The van der Waals surface area contributed by atoms with Crippen molar-refractivity contribution < 1.29 is 27.5 Å². The van der Waals surface area contributed by atoms with Crippen molar-refractivity contribution >= 4 is 27.6 Å². The number of urea groups is 1. The fraction of sp³-hybridized carbons (Fsp3) is 0.526. The minimum atomic E-state index is -3.37. The molecular formula is C19H20BrF4N5O2. The highest BCUT2D eigenvalue weighted by molar-refractivity contribution is 9.10. The Bertz CT molecular complexity index is 1030. The number of halogens is 5. The normalized spacial score (nSPS) is 24.9. The number of alkyl halides is 3. The topological polar surface area (TPSA) is 83.3 Å². The van der Waals surface area contributed by atoms with Crippen molar-refractivity contribution in [1.82, 2.24) is 19.7 Å². The molecule has 0 fully saturated rings. The molecule has 2 amide bonds. The average Bonchev–Trinajstić information content (AvgIpc) is 3.01. The van der Waals surface area contributed by atoms with E-state index in [1.807, 2.05) is 0 Å². The predicted molar refractivity (Wildman–Crippen MR) is 106 cm³/mol. The van der Waals surface area contributed by atoms with Crippen molar-refractivity contribution in [1.29, 1.82) is 0 Å². The van der Waals surface area contributed by atoms with Crippen molar-refractivity contribution in [3.05, 3.63) is 39.6 Å². The molecule has 2 aliphatic heterocycles. The molecule has 2 aromatic heterocycles. The van der Waals surface area contributed by atoms with Crippen LogP contribution in [-0.4, -0.2) is 49.1 Å². The number of pyridine rings is 1. The van der Waals surface area contributed by atoms with Crippen molar-refractivity contribution in [3.8, 4) is 0 Å². The molecule has 0 radical (unpaired) electrons. The summed E-state index contributed by atoms with van der Waals surface area (Å²) in [6, 6.07) is 0.206. The molecule has 4 rings (SSSR count). The molecule has 0 saturated heterocycles. The zero-order valence-electron chi connectivity index (χ0n) is 16.5. The molecule has 31 heavy (non-hydrogen) atoms. The van der Waals surface area contributed by atoms with Gasteiger partial charge in [-0.25, -0.2) is 18.6 Å². The fourth-order valence-electron chi connectivity index (χ4n) is 4.07. The Balaban J connectivity index is 1.66. The van der Waals surface area contributed by atoms with Crippen LogP contribution in [0.1, 0.15) is 36.7 Å². The van der Waals surface area contributed by atoms with Gasteiger partial charge in [-0.1, -0.05) is 0 Å². The molecule has 12 heteroatoms. The number of carbonyl (C=O) groups is 1. The van der Waals surface area contributed by atoms with Crippen molar-refractivity contribution in [2.75, 3.05) is 11.9 Å². The van der Waals surface area contributed by atoms with Crippen LogP contribution in [0.2, 0.25) is 0 Å². The van der Waals surface area contributed by atoms with Gasteiger partial charge in [0, 0.05) is 30.6 Å². The zero-order chi connectivity index (χ0) is 22.6. The molecule has 0 saturated carbocycles. The summed E-state index contributed by atoms with van der Waals surface area (Å²) in [7, 11) is 0. The SMILES string of the molecule is C[C@@H]1Cc2nn3c(c2CN1C(=O)Nc1ccnc(Br)c1F)C(F)(F)CC[C@@](F)(CO)C3. The Morgan fingerprint density at radius 1 is 1.39 bits per heavy atom. The Kier molecular flexibility index (Phi) is 5.49. The number of rotatable bonds is 2. The number of nitrogens with one attached hydrogen (secondary N) is 1. The third-order valence-corrected chi connectivity index (χ3v) is 6.33. The van der Waals surface area contributed by atoms with Gasteiger partial charge in [-0.2, -0.15) is 13.9 Å². The summed E-state index contributed by atoms with van der Waals surface area (Å²) in [6.45, 7) is 0.167. The Labute approximate surface area is 183 Å². The molecule has 168 valence electrons. The van der Waals surface area contributed by atoms with Gasteiger partial charge in [0.1, 0.15) is 10.3 Å². The number of carbonyl (C=O) groups excluding carboxylic acids is 1. The molecule has 0 aromatic carbocycles. The first kappa shape index (κ1) is 22.0. The van der Waals surface area contributed by atoms with Crippen LogP contribution < -0.4 is 5.32 Å². The first-order valence-electron chi connectivity index (χ1n) is 9.69. The van der Waals surface area contributed by atoms with Crippen molar-refractivity contribution in [3.63, 3.8) is 0 Å². The third-order valence-electron chi connectivity index (χ3n) is 5.78. The summed E-state index contributed by atoms with van der Waals surface area (Å²) >= 11 is 2.94. The Hall–Kier alpha value is -2.21. The van der Waals surface area contributed by atoms with Gasteiger partial charge in [-0.3, -0.25) is 4.68 Å². The first-order chi connectivity index (χ1) is 14.5. The summed E-state index contributed by atoms with van der Waals surface area (Å²) in [5, 5.41) is 16.0. The minimum Gasteiger partial charge on any atom is -0.393 e. The van der Waals surface area contributed by atoms with E-state index in [-0.39, 0.29) is 28.8 Å². The molecule has 2 atom stereocenters. The predicted octanol–water partition coefficient (Wildman–Crippen LogP) is 3.74. The number of aliphatic hydroxyl groups is 1. The number of aliphatic hydroxyl groups excluding tert-OH is 1. The smallest absolute Gasteiger partial charge is 0.322 e. The molecule has 0 bridgehead atoms.